The molecule has 0 spiro atoms. The van der Waals surface area contributed by atoms with Gasteiger partial charge in [0.1, 0.15) is 0 Å². The number of nitrogens with zero attached hydrogens (tertiary/aromatic N) is 2. The fraction of sp³-hybridized carbons (Fsp3) is 0.611. The van der Waals surface area contributed by atoms with Gasteiger partial charge in [-0.25, -0.2) is 0 Å². The minimum atomic E-state index is -0.0641. The molecule has 2 heterocycles. The number of rotatable bonds is 2. The van der Waals surface area contributed by atoms with Crippen LogP contribution in [0.4, 0.5) is 0 Å². The second-order valence-electron chi connectivity index (χ2n) is 7.13. The average Bonchev–Trinajstić information content (AvgIpc) is 2.51. The van der Waals surface area contributed by atoms with E-state index in [0.29, 0.717) is 0 Å². The summed E-state index contributed by atoms with van der Waals surface area (Å²) in [4.78, 5) is 7.43. The maximum atomic E-state index is 5.55. The van der Waals surface area contributed by atoms with Crippen molar-refractivity contribution >= 4 is 16.9 Å². The first-order chi connectivity index (χ1) is 10.8. The van der Waals surface area contributed by atoms with E-state index in [-0.39, 0.29) is 11.1 Å². The van der Waals surface area contributed by atoms with E-state index in [1.807, 2.05) is 0 Å². The normalized spacial score (nSPS) is 25.3. The van der Waals surface area contributed by atoms with Crippen LogP contribution in [0.3, 0.4) is 0 Å². The number of amidine groups is 1. The van der Waals surface area contributed by atoms with Gasteiger partial charge in [-0.05, 0) is 63.1 Å². The van der Waals surface area contributed by atoms with Crippen molar-refractivity contribution in [2.45, 2.75) is 44.7 Å². The van der Waals surface area contributed by atoms with E-state index >= 15 is 0 Å². The van der Waals surface area contributed by atoms with Crippen molar-refractivity contribution in [3.8, 4) is 11.5 Å². The summed E-state index contributed by atoms with van der Waals surface area (Å²) in [5.74, 6) is 1.62. The largest absolute Gasteiger partial charge is 0.493 e. The van der Waals surface area contributed by atoms with Crippen LogP contribution in [0, 0.1) is 0 Å². The fourth-order valence-electron chi connectivity index (χ4n) is 4.11. The fourth-order valence-corrected chi connectivity index (χ4v) is 4.96. The Morgan fingerprint density at radius 2 is 1.78 bits per heavy atom. The summed E-state index contributed by atoms with van der Waals surface area (Å²) in [7, 11) is 3.40. The Morgan fingerprint density at radius 3 is 2.39 bits per heavy atom. The van der Waals surface area contributed by atoms with Gasteiger partial charge in [-0.3, -0.25) is 4.99 Å². The number of thioether (sulfide) groups is 1. The van der Waals surface area contributed by atoms with Gasteiger partial charge in [0, 0.05) is 6.54 Å². The summed E-state index contributed by atoms with van der Waals surface area (Å²) >= 11 is 1.74. The first kappa shape index (κ1) is 16.5. The molecule has 3 rings (SSSR count). The Hall–Kier alpha value is -1.36. The van der Waals surface area contributed by atoms with Crippen molar-refractivity contribution in [3.05, 3.63) is 23.3 Å². The zero-order valence-corrected chi connectivity index (χ0v) is 15.7. The highest BCUT2D eigenvalue weighted by Gasteiger charge is 2.47. The van der Waals surface area contributed by atoms with Crippen molar-refractivity contribution in [3.63, 3.8) is 0 Å². The molecule has 4 nitrogen and oxygen atoms in total. The van der Waals surface area contributed by atoms with E-state index < -0.39 is 0 Å². The van der Waals surface area contributed by atoms with Crippen LogP contribution in [0.25, 0.3) is 0 Å². The third-order valence-corrected chi connectivity index (χ3v) is 5.66. The van der Waals surface area contributed by atoms with Crippen LogP contribution < -0.4 is 9.47 Å². The minimum absolute atomic E-state index is 0.0588. The van der Waals surface area contributed by atoms with Crippen molar-refractivity contribution < 1.29 is 9.47 Å². The summed E-state index contributed by atoms with van der Waals surface area (Å²) < 4.78 is 11.0. The smallest absolute Gasteiger partial charge is 0.161 e. The quantitative estimate of drug-likeness (QED) is 0.826. The molecule has 0 unspecified atom stereocenters. The summed E-state index contributed by atoms with van der Waals surface area (Å²) in [6, 6.07) is 4.31. The topological polar surface area (TPSA) is 34.1 Å². The molecule has 0 bridgehead atoms. The highest BCUT2D eigenvalue weighted by atomic mass is 32.2. The molecule has 1 atom stereocenters. The van der Waals surface area contributed by atoms with Crippen LogP contribution in [-0.4, -0.2) is 42.6 Å². The van der Waals surface area contributed by atoms with Crippen LogP contribution in [0.2, 0.25) is 0 Å². The highest BCUT2D eigenvalue weighted by molar-refractivity contribution is 8.13. The van der Waals surface area contributed by atoms with Crippen molar-refractivity contribution in [1.82, 2.24) is 4.90 Å². The van der Waals surface area contributed by atoms with E-state index in [2.05, 4.69) is 44.1 Å². The second kappa shape index (κ2) is 5.62. The van der Waals surface area contributed by atoms with E-state index in [9.17, 15) is 0 Å². The van der Waals surface area contributed by atoms with Gasteiger partial charge in [-0.15, -0.1) is 0 Å². The van der Waals surface area contributed by atoms with Gasteiger partial charge < -0.3 is 14.4 Å². The molecule has 0 aliphatic carbocycles. The van der Waals surface area contributed by atoms with Gasteiger partial charge in [0.05, 0.1) is 25.3 Å². The predicted octanol–water partition coefficient (Wildman–Crippen LogP) is 3.68. The molecule has 1 aromatic carbocycles. The predicted molar refractivity (Wildman–Crippen MR) is 97.0 cm³/mol. The average molecular weight is 334 g/mol. The Kier molecular flexibility index (Phi) is 4.03. The molecular formula is C18H26N2O2S. The molecule has 2 aliphatic heterocycles. The van der Waals surface area contributed by atoms with Gasteiger partial charge in [-0.2, -0.15) is 0 Å². The second-order valence-corrected chi connectivity index (χ2v) is 7.90. The number of hydrogen-bond acceptors (Lipinski definition) is 5. The summed E-state index contributed by atoms with van der Waals surface area (Å²) in [5, 5.41) is 1.14. The molecule has 0 radical (unpaired) electrons. The molecule has 0 amide bonds. The number of benzene rings is 1. The molecule has 126 valence electrons. The Bertz CT molecular complexity index is 657. The van der Waals surface area contributed by atoms with Crippen LogP contribution >= 0.6 is 11.8 Å². The van der Waals surface area contributed by atoms with Crippen LogP contribution in [-0.2, 0) is 12.0 Å². The number of aliphatic imine (C=N–C) groups is 1. The standard InChI is InChI=1S/C18H26N2O2S/c1-17(2)11-18(3)13-10-15(22-5)14(21-4)9-12(13)7-8-20(18)16(19-17)23-6/h9-10H,7-8,11H2,1-6H3/t18-/m1/s1. The molecular weight excluding hydrogens is 308 g/mol. The van der Waals surface area contributed by atoms with Crippen molar-refractivity contribution in [1.29, 1.82) is 0 Å². The first-order valence-corrected chi connectivity index (χ1v) is 9.24. The van der Waals surface area contributed by atoms with E-state index in [4.69, 9.17) is 14.5 Å². The Labute approximate surface area is 143 Å². The lowest BCUT2D eigenvalue weighted by Crippen LogP contribution is -2.57. The zero-order valence-electron chi connectivity index (χ0n) is 14.9. The molecule has 23 heavy (non-hydrogen) atoms. The summed E-state index contributed by atoms with van der Waals surface area (Å²) in [6.45, 7) is 7.78. The van der Waals surface area contributed by atoms with Crippen LogP contribution in [0.1, 0.15) is 38.3 Å². The first-order valence-electron chi connectivity index (χ1n) is 8.01. The highest BCUT2D eigenvalue weighted by Crippen LogP contribution is 2.48. The van der Waals surface area contributed by atoms with Crippen molar-refractivity contribution in [2.75, 3.05) is 27.0 Å². The number of hydrogen-bond donors (Lipinski definition) is 0. The van der Waals surface area contributed by atoms with Gasteiger partial charge in [-0.1, -0.05) is 11.8 Å². The van der Waals surface area contributed by atoms with Crippen molar-refractivity contribution in [2.24, 2.45) is 4.99 Å². The molecule has 5 heteroatoms. The lowest BCUT2D eigenvalue weighted by atomic mass is 9.74. The SMILES string of the molecule is COc1cc2c(cc1OC)[C@@]1(C)CC(C)(C)N=C(SC)N1CC2. The summed E-state index contributed by atoms with van der Waals surface area (Å²) in [6.07, 6.45) is 4.11. The van der Waals surface area contributed by atoms with Crippen LogP contribution in [0.15, 0.2) is 17.1 Å². The molecule has 2 aliphatic rings. The van der Waals surface area contributed by atoms with Gasteiger partial charge in [0.25, 0.3) is 0 Å². The number of ether oxygens (including phenoxy) is 2. The van der Waals surface area contributed by atoms with Crippen LogP contribution in [0.5, 0.6) is 11.5 Å². The van der Waals surface area contributed by atoms with Gasteiger partial charge in [0.15, 0.2) is 16.7 Å². The number of methoxy groups -OCH3 is 2. The lowest BCUT2D eigenvalue weighted by molar-refractivity contribution is 0.121. The Morgan fingerprint density at radius 1 is 1.13 bits per heavy atom. The molecule has 0 aromatic heterocycles. The maximum Gasteiger partial charge on any atom is 0.161 e. The summed E-state index contributed by atoms with van der Waals surface area (Å²) in [5.41, 5.74) is 2.58. The molecule has 0 fully saturated rings. The molecule has 0 N–H and O–H groups in total. The third kappa shape index (κ3) is 2.59. The minimum Gasteiger partial charge on any atom is -0.493 e. The maximum absolute atomic E-state index is 5.55. The van der Waals surface area contributed by atoms with Gasteiger partial charge in [0.2, 0.25) is 0 Å². The number of fused-ring (bicyclic) bond motifs is 3. The lowest BCUT2D eigenvalue weighted by Gasteiger charge is -2.53. The third-order valence-electron chi connectivity index (χ3n) is 4.98. The van der Waals surface area contributed by atoms with E-state index in [1.165, 1.54) is 11.1 Å². The molecule has 0 saturated heterocycles. The Balaban J connectivity index is 2.17. The molecule has 0 saturated carbocycles. The monoisotopic (exact) mass is 334 g/mol. The van der Waals surface area contributed by atoms with E-state index in [1.54, 1.807) is 26.0 Å². The van der Waals surface area contributed by atoms with E-state index in [0.717, 1.165) is 36.1 Å². The van der Waals surface area contributed by atoms with Gasteiger partial charge >= 0.3 is 0 Å². The molecule has 1 aromatic rings. The zero-order chi connectivity index (χ0) is 16.8.